The minimum atomic E-state index is -0.298. The third kappa shape index (κ3) is 5.82. The first-order valence-electron chi connectivity index (χ1n) is 8.59. The van der Waals surface area contributed by atoms with Crippen LogP contribution in [0.15, 0.2) is 77.9 Å². The molecular formula is C22H19IN2O3. The Balaban J connectivity index is 1.51. The smallest absolute Gasteiger partial charge is 0.271 e. The van der Waals surface area contributed by atoms with E-state index in [1.165, 1.54) is 3.57 Å². The number of hydrazone groups is 1. The average molecular weight is 486 g/mol. The standard InChI is InChI=1S/C22H19IN2O3/c1-27-21-4-2-3-18(13-21)22(26)25-24-14-16-7-11-20(12-8-16)28-15-17-5-9-19(23)10-6-17/h2-14H,15H2,1H3,(H,25,26)/b24-14-. The Morgan fingerprint density at radius 1 is 1.04 bits per heavy atom. The highest BCUT2D eigenvalue weighted by molar-refractivity contribution is 14.1. The Kier molecular flexibility index (Phi) is 7.02. The van der Waals surface area contributed by atoms with E-state index < -0.39 is 0 Å². The van der Waals surface area contributed by atoms with Gasteiger partial charge in [0, 0.05) is 9.13 Å². The van der Waals surface area contributed by atoms with Crippen molar-refractivity contribution in [2.75, 3.05) is 7.11 Å². The Labute approximate surface area is 177 Å². The monoisotopic (exact) mass is 486 g/mol. The van der Waals surface area contributed by atoms with Gasteiger partial charge in [0.2, 0.25) is 0 Å². The molecule has 142 valence electrons. The van der Waals surface area contributed by atoms with Gasteiger partial charge in [-0.3, -0.25) is 4.79 Å². The lowest BCUT2D eigenvalue weighted by Crippen LogP contribution is -2.17. The van der Waals surface area contributed by atoms with E-state index in [2.05, 4.69) is 45.3 Å². The highest BCUT2D eigenvalue weighted by Gasteiger charge is 2.05. The third-order valence-corrected chi connectivity index (χ3v) is 4.63. The molecular weight excluding hydrogens is 467 g/mol. The Bertz CT molecular complexity index is 954. The van der Waals surface area contributed by atoms with Crippen molar-refractivity contribution >= 4 is 34.7 Å². The molecule has 0 spiro atoms. The first-order valence-corrected chi connectivity index (χ1v) is 9.67. The van der Waals surface area contributed by atoms with Crippen LogP contribution in [0.1, 0.15) is 21.5 Å². The van der Waals surface area contributed by atoms with Crippen LogP contribution in [0.25, 0.3) is 0 Å². The van der Waals surface area contributed by atoms with Crippen LogP contribution < -0.4 is 14.9 Å². The largest absolute Gasteiger partial charge is 0.497 e. The molecule has 3 rings (SSSR count). The summed E-state index contributed by atoms with van der Waals surface area (Å²) in [5, 5.41) is 4.00. The van der Waals surface area contributed by atoms with E-state index >= 15 is 0 Å². The topological polar surface area (TPSA) is 59.9 Å². The van der Waals surface area contributed by atoms with E-state index in [1.807, 2.05) is 36.4 Å². The maximum Gasteiger partial charge on any atom is 0.271 e. The van der Waals surface area contributed by atoms with Gasteiger partial charge in [0.1, 0.15) is 18.1 Å². The quantitative estimate of drug-likeness (QED) is 0.301. The maximum atomic E-state index is 12.1. The second kappa shape index (κ2) is 9.89. The van der Waals surface area contributed by atoms with E-state index in [-0.39, 0.29) is 5.91 Å². The van der Waals surface area contributed by atoms with Gasteiger partial charge in [-0.25, -0.2) is 5.43 Å². The summed E-state index contributed by atoms with van der Waals surface area (Å²) < 4.78 is 12.1. The van der Waals surface area contributed by atoms with Gasteiger partial charge < -0.3 is 9.47 Å². The van der Waals surface area contributed by atoms with Crippen LogP contribution >= 0.6 is 22.6 Å². The molecule has 0 heterocycles. The first kappa shape index (κ1) is 19.9. The molecule has 0 radical (unpaired) electrons. The predicted octanol–water partition coefficient (Wildman–Crippen LogP) is 4.64. The fraction of sp³-hybridized carbons (Fsp3) is 0.0909. The zero-order chi connectivity index (χ0) is 19.8. The van der Waals surface area contributed by atoms with Crippen LogP contribution in [-0.2, 0) is 6.61 Å². The van der Waals surface area contributed by atoms with Crippen molar-refractivity contribution in [3.05, 3.63) is 93.1 Å². The average Bonchev–Trinajstić information content (AvgIpc) is 2.74. The van der Waals surface area contributed by atoms with E-state index in [1.54, 1.807) is 37.6 Å². The van der Waals surface area contributed by atoms with Crippen molar-refractivity contribution in [3.8, 4) is 11.5 Å². The summed E-state index contributed by atoms with van der Waals surface area (Å²) in [6.45, 7) is 0.515. The number of hydrogen-bond acceptors (Lipinski definition) is 4. The van der Waals surface area contributed by atoms with E-state index in [0.29, 0.717) is 17.9 Å². The van der Waals surface area contributed by atoms with Crippen molar-refractivity contribution in [2.24, 2.45) is 5.10 Å². The number of carbonyl (C=O) groups is 1. The van der Waals surface area contributed by atoms with Crippen molar-refractivity contribution < 1.29 is 14.3 Å². The van der Waals surface area contributed by atoms with Crippen LogP contribution in [0, 0.1) is 3.57 Å². The number of hydrogen-bond donors (Lipinski definition) is 1. The van der Waals surface area contributed by atoms with Gasteiger partial charge in [0.05, 0.1) is 13.3 Å². The lowest BCUT2D eigenvalue weighted by atomic mass is 10.2. The molecule has 3 aromatic rings. The van der Waals surface area contributed by atoms with Gasteiger partial charge >= 0.3 is 0 Å². The summed E-state index contributed by atoms with van der Waals surface area (Å²) in [7, 11) is 1.56. The second-order valence-electron chi connectivity index (χ2n) is 5.92. The van der Waals surface area contributed by atoms with Crippen molar-refractivity contribution in [2.45, 2.75) is 6.61 Å². The second-order valence-corrected chi connectivity index (χ2v) is 7.16. The normalized spacial score (nSPS) is 10.6. The zero-order valence-electron chi connectivity index (χ0n) is 15.3. The number of methoxy groups -OCH3 is 1. The summed E-state index contributed by atoms with van der Waals surface area (Å²) in [5.41, 5.74) is 4.96. The lowest BCUT2D eigenvalue weighted by molar-refractivity contribution is 0.0955. The first-order chi connectivity index (χ1) is 13.6. The summed E-state index contributed by atoms with van der Waals surface area (Å²) in [4.78, 5) is 12.1. The third-order valence-electron chi connectivity index (χ3n) is 3.91. The van der Waals surface area contributed by atoms with Gasteiger partial charge in [0.15, 0.2) is 0 Å². The SMILES string of the molecule is COc1cccc(C(=O)N/N=C\c2ccc(OCc3ccc(I)cc3)cc2)c1. The van der Waals surface area contributed by atoms with Gasteiger partial charge in [-0.05, 0) is 88.3 Å². The molecule has 0 aliphatic carbocycles. The predicted molar refractivity (Wildman–Crippen MR) is 118 cm³/mol. The minimum Gasteiger partial charge on any atom is -0.497 e. The number of carbonyl (C=O) groups excluding carboxylic acids is 1. The number of nitrogens with zero attached hydrogens (tertiary/aromatic N) is 1. The molecule has 0 fully saturated rings. The molecule has 0 aromatic heterocycles. The van der Waals surface area contributed by atoms with Crippen LogP contribution in [0.2, 0.25) is 0 Å². The lowest BCUT2D eigenvalue weighted by Gasteiger charge is -2.06. The highest BCUT2D eigenvalue weighted by atomic mass is 127. The van der Waals surface area contributed by atoms with Gasteiger partial charge in [-0.2, -0.15) is 5.10 Å². The molecule has 0 aliphatic rings. The van der Waals surface area contributed by atoms with Crippen LogP contribution in [0.3, 0.4) is 0 Å². The van der Waals surface area contributed by atoms with Crippen LogP contribution in [0.4, 0.5) is 0 Å². The summed E-state index contributed by atoms with van der Waals surface area (Å²) in [5.74, 6) is 1.10. The molecule has 0 aliphatic heterocycles. The summed E-state index contributed by atoms with van der Waals surface area (Å²) in [6, 6.07) is 22.6. The molecule has 1 amide bonds. The molecule has 1 N–H and O–H groups in total. The number of halogens is 1. The Morgan fingerprint density at radius 2 is 1.79 bits per heavy atom. The van der Waals surface area contributed by atoms with E-state index in [4.69, 9.17) is 9.47 Å². The van der Waals surface area contributed by atoms with Crippen LogP contribution in [0.5, 0.6) is 11.5 Å². The van der Waals surface area contributed by atoms with Crippen LogP contribution in [-0.4, -0.2) is 19.2 Å². The minimum absolute atomic E-state index is 0.298. The molecule has 0 bridgehead atoms. The molecule has 6 heteroatoms. The van der Waals surface area contributed by atoms with E-state index in [0.717, 1.165) is 16.9 Å². The number of ether oxygens (including phenoxy) is 2. The number of rotatable bonds is 7. The number of amides is 1. The molecule has 28 heavy (non-hydrogen) atoms. The van der Waals surface area contributed by atoms with Crippen molar-refractivity contribution in [3.63, 3.8) is 0 Å². The fourth-order valence-electron chi connectivity index (χ4n) is 2.39. The van der Waals surface area contributed by atoms with Crippen molar-refractivity contribution in [1.82, 2.24) is 5.43 Å². The maximum absolute atomic E-state index is 12.1. The molecule has 0 unspecified atom stereocenters. The summed E-state index contributed by atoms with van der Waals surface area (Å²) in [6.07, 6.45) is 1.58. The highest BCUT2D eigenvalue weighted by Crippen LogP contribution is 2.15. The fourth-order valence-corrected chi connectivity index (χ4v) is 2.75. The van der Waals surface area contributed by atoms with Crippen molar-refractivity contribution in [1.29, 1.82) is 0 Å². The zero-order valence-corrected chi connectivity index (χ0v) is 17.4. The molecule has 0 atom stereocenters. The number of nitrogens with one attached hydrogen (secondary N) is 1. The summed E-state index contributed by atoms with van der Waals surface area (Å²) >= 11 is 2.28. The van der Waals surface area contributed by atoms with Gasteiger partial charge in [-0.15, -0.1) is 0 Å². The Hall–Kier alpha value is -2.87. The molecule has 0 saturated carbocycles. The Morgan fingerprint density at radius 3 is 2.50 bits per heavy atom. The van der Waals surface area contributed by atoms with E-state index in [9.17, 15) is 4.79 Å². The molecule has 0 saturated heterocycles. The number of benzene rings is 3. The van der Waals surface area contributed by atoms with Gasteiger partial charge in [0.25, 0.3) is 5.91 Å². The molecule has 3 aromatic carbocycles. The van der Waals surface area contributed by atoms with Gasteiger partial charge in [-0.1, -0.05) is 18.2 Å². The molecule has 5 nitrogen and oxygen atoms in total.